The highest BCUT2D eigenvalue weighted by molar-refractivity contribution is 5.33. The van der Waals surface area contributed by atoms with E-state index in [0.717, 1.165) is 58.8 Å². The van der Waals surface area contributed by atoms with E-state index in [0.29, 0.717) is 47.2 Å². The summed E-state index contributed by atoms with van der Waals surface area (Å²) in [6.45, 7) is 25.3. The molecule has 2 N–H and O–H groups in total. The third kappa shape index (κ3) is 5.39. The maximum Gasteiger partial charge on any atom is 0.170 e. The molecule has 5 unspecified atom stereocenters. The van der Waals surface area contributed by atoms with Crippen LogP contribution < -0.4 is 0 Å². The maximum atomic E-state index is 12.6. The molecule has 0 amide bonds. The normalized spacial score (nSPS) is 50.3. The Kier molecular flexibility index (Phi) is 9.46. The molecule has 0 bridgehead atoms. The zero-order valence-electron chi connectivity index (χ0n) is 33.5. The van der Waals surface area contributed by atoms with Gasteiger partial charge in [0.2, 0.25) is 0 Å². The number of hydrogen-bond donors (Lipinski definition) is 2. The molecule has 292 valence electrons. The zero-order valence-corrected chi connectivity index (χ0v) is 33.5. The molecular formula is C42H72N2O7. The van der Waals surface area contributed by atoms with Crippen molar-refractivity contribution in [3.63, 3.8) is 0 Å². The molecule has 0 aromatic heterocycles. The third-order valence-corrected chi connectivity index (χ3v) is 17.6. The van der Waals surface area contributed by atoms with E-state index >= 15 is 0 Å². The summed E-state index contributed by atoms with van der Waals surface area (Å²) in [5.41, 5.74) is -0.463. The molecular weight excluding hydrogens is 644 g/mol. The van der Waals surface area contributed by atoms with Gasteiger partial charge in [-0.1, -0.05) is 34.6 Å². The van der Waals surface area contributed by atoms with Gasteiger partial charge >= 0.3 is 0 Å². The largest absolute Gasteiger partial charge is 0.390 e. The first kappa shape index (κ1) is 37.6. The van der Waals surface area contributed by atoms with E-state index in [1.54, 1.807) is 7.11 Å². The van der Waals surface area contributed by atoms with E-state index in [4.69, 9.17) is 23.7 Å². The molecule has 8 rings (SSSR count). The lowest BCUT2D eigenvalue weighted by atomic mass is 9.41. The lowest BCUT2D eigenvalue weighted by molar-refractivity contribution is -0.253. The zero-order chi connectivity index (χ0) is 36.4. The minimum atomic E-state index is -1.01. The number of rotatable bonds is 10. The maximum absolute atomic E-state index is 12.6. The predicted molar refractivity (Wildman–Crippen MR) is 196 cm³/mol. The number of aliphatic hydroxyl groups excluding tert-OH is 1. The van der Waals surface area contributed by atoms with E-state index in [2.05, 4.69) is 44.4 Å². The molecule has 0 aromatic carbocycles. The van der Waals surface area contributed by atoms with Crippen LogP contribution in [-0.4, -0.2) is 128 Å². The Balaban J connectivity index is 0.973. The van der Waals surface area contributed by atoms with Crippen LogP contribution in [0, 0.1) is 50.7 Å². The Morgan fingerprint density at radius 2 is 1.71 bits per heavy atom. The van der Waals surface area contributed by atoms with E-state index in [1.807, 2.05) is 20.8 Å². The van der Waals surface area contributed by atoms with Gasteiger partial charge in [-0.3, -0.25) is 9.80 Å². The van der Waals surface area contributed by atoms with Gasteiger partial charge in [0.25, 0.3) is 0 Å². The topological polar surface area (TPSA) is 93.1 Å². The van der Waals surface area contributed by atoms with Gasteiger partial charge in [-0.05, 0) is 117 Å². The molecule has 3 saturated heterocycles. The molecule has 5 saturated carbocycles. The van der Waals surface area contributed by atoms with Crippen LogP contribution in [0.5, 0.6) is 0 Å². The first-order chi connectivity index (χ1) is 24.1. The van der Waals surface area contributed by atoms with E-state index in [1.165, 1.54) is 38.5 Å². The minimum Gasteiger partial charge on any atom is -0.390 e. The molecule has 2 spiro atoms. The summed E-state index contributed by atoms with van der Waals surface area (Å²) in [6.07, 6.45) is 8.06. The summed E-state index contributed by atoms with van der Waals surface area (Å²) in [5, 5.41) is 23.8. The Labute approximate surface area is 308 Å². The number of likely N-dealkylation sites (tertiary alicyclic amines) is 1. The van der Waals surface area contributed by atoms with Crippen LogP contribution in [0.3, 0.4) is 0 Å². The fraction of sp³-hybridized carbons (Fsp3) is 1.00. The average Bonchev–Trinajstić information content (AvgIpc) is 3.68. The van der Waals surface area contributed by atoms with E-state index < -0.39 is 17.8 Å². The number of ether oxygens (including phenoxy) is 5. The van der Waals surface area contributed by atoms with Crippen LogP contribution in [0.4, 0.5) is 0 Å². The lowest BCUT2D eigenvalue weighted by Crippen LogP contribution is -2.63. The number of morpholine rings is 1. The summed E-state index contributed by atoms with van der Waals surface area (Å²) in [4.78, 5) is 5.09. The number of nitrogens with zero attached hydrogens (tertiary/aromatic N) is 2. The molecule has 0 radical (unpaired) electrons. The number of methoxy groups -OCH3 is 1. The first-order valence-electron chi connectivity index (χ1n) is 21.0. The van der Waals surface area contributed by atoms with Gasteiger partial charge in [-0.15, -0.1) is 0 Å². The van der Waals surface area contributed by atoms with Gasteiger partial charge < -0.3 is 33.9 Å². The number of hydrogen-bond acceptors (Lipinski definition) is 9. The van der Waals surface area contributed by atoms with Crippen LogP contribution in [0.25, 0.3) is 0 Å². The fourth-order valence-corrected chi connectivity index (χ4v) is 15.1. The van der Waals surface area contributed by atoms with E-state index in [-0.39, 0.29) is 40.8 Å². The minimum absolute atomic E-state index is 0.0190. The molecule has 14 atom stereocenters. The van der Waals surface area contributed by atoms with Crippen molar-refractivity contribution in [1.29, 1.82) is 0 Å². The molecule has 5 aliphatic carbocycles. The van der Waals surface area contributed by atoms with E-state index in [9.17, 15) is 10.2 Å². The van der Waals surface area contributed by atoms with Gasteiger partial charge in [0.1, 0.15) is 6.10 Å². The van der Waals surface area contributed by atoms with Crippen LogP contribution in [0.15, 0.2) is 0 Å². The molecule has 3 aliphatic heterocycles. The number of fused-ring (bicyclic) bond motifs is 4. The van der Waals surface area contributed by atoms with Gasteiger partial charge in [0, 0.05) is 57.9 Å². The smallest absolute Gasteiger partial charge is 0.170 e. The van der Waals surface area contributed by atoms with Gasteiger partial charge in [-0.25, -0.2) is 0 Å². The summed E-state index contributed by atoms with van der Waals surface area (Å²) in [6, 6.07) is 0.598. The van der Waals surface area contributed by atoms with Gasteiger partial charge in [0.05, 0.1) is 43.2 Å². The second-order valence-electron chi connectivity index (χ2n) is 20.4. The summed E-state index contributed by atoms with van der Waals surface area (Å²) >= 11 is 0. The first-order valence-corrected chi connectivity index (χ1v) is 21.0. The lowest BCUT2D eigenvalue weighted by Gasteiger charge is -2.64. The van der Waals surface area contributed by atoms with Crippen molar-refractivity contribution < 1.29 is 33.9 Å². The highest BCUT2D eigenvalue weighted by Gasteiger charge is 2.84. The second-order valence-corrected chi connectivity index (χ2v) is 20.4. The molecule has 0 aromatic rings. The van der Waals surface area contributed by atoms with Crippen LogP contribution in [-0.2, 0) is 23.7 Å². The number of aliphatic hydroxyl groups is 2. The molecule has 51 heavy (non-hydrogen) atoms. The summed E-state index contributed by atoms with van der Waals surface area (Å²) in [7, 11) is 1.78. The quantitative estimate of drug-likeness (QED) is 0.311. The van der Waals surface area contributed by atoms with Crippen molar-refractivity contribution in [2.24, 2.45) is 50.7 Å². The van der Waals surface area contributed by atoms with Crippen molar-refractivity contribution in [1.82, 2.24) is 9.80 Å². The second kappa shape index (κ2) is 12.8. The van der Waals surface area contributed by atoms with Crippen molar-refractivity contribution >= 4 is 0 Å². The van der Waals surface area contributed by atoms with Crippen molar-refractivity contribution in [3.8, 4) is 0 Å². The van der Waals surface area contributed by atoms with Gasteiger partial charge in [-0.2, -0.15) is 0 Å². The Hall–Kier alpha value is -0.360. The van der Waals surface area contributed by atoms with Crippen LogP contribution in [0.2, 0.25) is 0 Å². The highest BCUT2D eigenvalue weighted by Crippen LogP contribution is 2.89. The SMILES string of the molecule is CCO[C@@H](C1C[C@@H](C)[C@H]2C(O1)[C@H](O)[C@@]1(C)C3CC[C@H]4C(C)(C)[C@@H](O[C@H]5CN(C6CN(CCOC)C6)CCO5)CCC45CC35CC[C@]21C)C(C)(C)O. The predicted octanol–water partition coefficient (Wildman–Crippen LogP) is 5.35. The molecule has 3 heterocycles. The molecule has 8 aliphatic rings. The molecule has 9 nitrogen and oxygen atoms in total. The Morgan fingerprint density at radius 1 is 0.980 bits per heavy atom. The standard InChI is InChI=1S/C42H72N2O7/c1-10-48-36(38(5,6)46)28-21-26(2)33-34(50-28)35(45)40(8)30-12-11-29-37(3,4)31(13-14-41(29)25-42(30,41)16-15-39(33,40)7)51-32-24-44(18-20-49-32)27-22-43(23-27)17-19-47-9/h26-36,45-46H,10-25H2,1-9H3/t26-,28?,29+,30?,31+,32+,33+,34?,35+,36+,39-,40-,41?,42?/m1/s1. The Morgan fingerprint density at radius 3 is 2.41 bits per heavy atom. The molecule has 8 fully saturated rings. The van der Waals surface area contributed by atoms with Crippen molar-refractivity contribution in [3.05, 3.63) is 0 Å². The highest BCUT2D eigenvalue weighted by atomic mass is 16.7. The van der Waals surface area contributed by atoms with Crippen molar-refractivity contribution in [2.45, 2.75) is 155 Å². The van der Waals surface area contributed by atoms with Gasteiger partial charge in [0.15, 0.2) is 6.29 Å². The third-order valence-electron chi connectivity index (χ3n) is 17.6. The fourth-order valence-electron chi connectivity index (χ4n) is 15.1. The van der Waals surface area contributed by atoms with Crippen LogP contribution in [0.1, 0.15) is 107 Å². The summed E-state index contributed by atoms with van der Waals surface area (Å²) < 4.78 is 31.7. The Bertz CT molecular complexity index is 1290. The average molecular weight is 717 g/mol. The summed E-state index contributed by atoms with van der Waals surface area (Å²) in [5.74, 6) is 1.84. The monoisotopic (exact) mass is 717 g/mol. The van der Waals surface area contributed by atoms with Crippen molar-refractivity contribution in [2.75, 3.05) is 59.7 Å². The van der Waals surface area contributed by atoms with Crippen LogP contribution >= 0.6 is 0 Å². The molecule has 9 heteroatoms.